The van der Waals surface area contributed by atoms with Gasteiger partial charge in [0.25, 0.3) is 5.56 Å². The molecule has 4 heterocycles. The van der Waals surface area contributed by atoms with Crippen LogP contribution in [0.2, 0.25) is 0 Å². The molecular formula is C21H26N6O3S2. The van der Waals surface area contributed by atoms with Crippen molar-refractivity contribution in [2.24, 2.45) is 5.92 Å². The Kier molecular flexibility index (Phi) is 7.15. The average molecular weight is 475 g/mol. The number of thiophene rings is 1. The second kappa shape index (κ2) is 10.2. The van der Waals surface area contributed by atoms with Crippen molar-refractivity contribution < 1.29 is 9.59 Å². The van der Waals surface area contributed by atoms with Crippen molar-refractivity contribution in [3.63, 3.8) is 0 Å². The highest BCUT2D eigenvalue weighted by molar-refractivity contribution is 7.22. The van der Waals surface area contributed by atoms with E-state index in [4.69, 9.17) is 0 Å². The molecule has 4 rings (SSSR count). The zero-order valence-electron chi connectivity index (χ0n) is 17.9. The Morgan fingerprint density at radius 3 is 2.97 bits per heavy atom. The number of piperidine rings is 1. The molecule has 1 aliphatic rings. The van der Waals surface area contributed by atoms with Crippen molar-refractivity contribution in [1.82, 2.24) is 25.2 Å². The summed E-state index contributed by atoms with van der Waals surface area (Å²) >= 11 is 2.84. The van der Waals surface area contributed by atoms with Gasteiger partial charge < -0.3 is 15.5 Å². The van der Waals surface area contributed by atoms with Crippen LogP contribution in [0, 0.1) is 5.92 Å². The first-order chi connectivity index (χ1) is 15.5. The molecule has 1 aliphatic heterocycles. The molecule has 0 aliphatic carbocycles. The van der Waals surface area contributed by atoms with Gasteiger partial charge in [0.2, 0.25) is 11.8 Å². The summed E-state index contributed by atoms with van der Waals surface area (Å²) in [5, 5.41) is 8.43. The van der Waals surface area contributed by atoms with Crippen molar-refractivity contribution in [3.8, 4) is 0 Å². The van der Waals surface area contributed by atoms with Crippen LogP contribution >= 0.6 is 22.7 Å². The summed E-state index contributed by atoms with van der Waals surface area (Å²) in [5.74, 6) is -0.256. The molecule has 0 unspecified atom stereocenters. The molecule has 2 amide bonds. The Bertz CT molecular complexity index is 1140. The summed E-state index contributed by atoms with van der Waals surface area (Å²) in [6.45, 7) is 4.42. The van der Waals surface area contributed by atoms with E-state index in [9.17, 15) is 14.4 Å². The molecule has 1 fully saturated rings. The molecule has 1 atom stereocenters. The maximum Gasteiger partial charge on any atom is 0.273 e. The maximum absolute atomic E-state index is 12.9. The number of carbonyl (C=O) groups is 2. The van der Waals surface area contributed by atoms with E-state index in [0.717, 1.165) is 30.7 Å². The number of aromatic nitrogens is 3. The number of hydrogen-bond donors (Lipinski definition) is 2. The number of carbonyl (C=O) groups excluding carboxylic acids is 2. The Labute approximate surface area is 193 Å². The molecule has 1 saturated heterocycles. The van der Waals surface area contributed by atoms with Gasteiger partial charge in [-0.05, 0) is 30.7 Å². The van der Waals surface area contributed by atoms with Gasteiger partial charge in [-0.15, -0.1) is 11.3 Å². The van der Waals surface area contributed by atoms with E-state index in [2.05, 4.69) is 25.5 Å². The van der Waals surface area contributed by atoms with Crippen molar-refractivity contribution in [3.05, 3.63) is 39.1 Å². The lowest BCUT2D eigenvalue weighted by molar-refractivity contribution is -0.125. The first-order valence-electron chi connectivity index (χ1n) is 10.7. The summed E-state index contributed by atoms with van der Waals surface area (Å²) in [6, 6.07) is 3.88. The number of thiazole rings is 1. The largest absolute Gasteiger partial charge is 0.356 e. The fourth-order valence-electron chi connectivity index (χ4n) is 3.65. The third kappa shape index (κ3) is 5.16. The third-order valence-electron chi connectivity index (χ3n) is 5.34. The smallest absolute Gasteiger partial charge is 0.273 e. The van der Waals surface area contributed by atoms with Gasteiger partial charge in [-0.2, -0.15) is 4.98 Å². The van der Waals surface area contributed by atoms with Gasteiger partial charge in [0.15, 0.2) is 10.8 Å². The SMILES string of the molecule is CCCNC(=O)[C@@H]1CCCN(c2nc3ncn(CC(=O)NCc4cccs4)c(=O)c3s2)C1. The maximum atomic E-state index is 12.9. The minimum Gasteiger partial charge on any atom is -0.356 e. The predicted octanol–water partition coefficient (Wildman–Crippen LogP) is 1.97. The second-order valence-corrected chi connectivity index (χ2v) is 9.77. The van der Waals surface area contributed by atoms with Crippen molar-refractivity contribution in [2.45, 2.75) is 39.3 Å². The van der Waals surface area contributed by atoms with E-state index < -0.39 is 0 Å². The minimum atomic E-state index is -0.278. The first-order valence-corrected chi connectivity index (χ1v) is 12.4. The normalized spacial score (nSPS) is 16.3. The summed E-state index contributed by atoms with van der Waals surface area (Å²) in [7, 11) is 0. The molecular weight excluding hydrogens is 448 g/mol. The van der Waals surface area contributed by atoms with Gasteiger partial charge in [-0.3, -0.25) is 19.0 Å². The topological polar surface area (TPSA) is 109 Å². The molecule has 32 heavy (non-hydrogen) atoms. The number of fused-ring (bicyclic) bond motifs is 1. The molecule has 0 aromatic carbocycles. The number of rotatable bonds is 8. The lowest BCUT2D eigenvalue weighted by atomic mass is 9.97. The number of nitrogens with zero attached hydrogens (tertiary/aromatic N) is 4. The molecule has 11 heteroatoms. The number of amides is 2. The van der Waals surface area contributed by atoms with Crippen LogP contribution in [0.4, 0.5) is 5.13 Å². The van der Waals surface area contributed by atoms with Gasteiger partial charge >= 0.3 is 0 Å². The second-order valence-electron chi connectivity index (χ2n) is 7.76. The Morgan fingerprint density at radius 2 is 2.19 bits per heavy atom. The van der Waals surface area contributed by atoms with Crippen LogP contribution in [0.3, 0.4) is 0 Å². The lowest BCUT2D eigenvalue weighted by Crippen LogP contribution is -2.43. The Morgan fingerprint density at radius 1 is 1.31 bits per heavy atom. The van der Waals surface area contributed by atoms with Crippen LogP contribution in [-0.2, 0) is 22.7 Å². The quantitative estimate of drug-likeness (QED) is 0.517. The van der Waals surface area contributed by atoms with Crippen LogP contribution in [0.1, 0.15) is 31.1 Å². The van der Waals surface area contributed by atoms with E-state index in [1.54, 1.807) is 11.3 Å². The fraction of sp³-hybridized carbons (Fsp3) is 0.476. The summed E-state index contributed by atoms with van der Waals surface area (Å²) in [6.07, 6.45) is 4.02. The van der Waals surface area contributed by atoms with Gasteiger partial charge in [-0.25, -0.2) is 4.98 Å². The molecule has 0 spiro atoms. The van der Waals surface area contributed by atoms with Crippen molar-refractivity contribution in [1.29, 1.82) is 0 Å². The Hall–Kier alpha value is -2.79. The van der Waals surface area contributed by atoms with E-state index >= 15 is 0 Å². The number of hydrogen-bond acceptors (Lipinski definition) is 8. The fourth-order valence-corrected chi connectivity index (χ4v) is 5.30. The van der Waals surface area contributed by atoms with Crippen LogP contribution in [0.15, 0.2) is 28.6 Å². The zero-order valence-corrected chi connectivity index (χ0v) is 19.5. The molecule has 0 radical (unpaired) electrons. The van der Waals surface area contributed by atoms with E-state index in [-0.39, 0.29) is 29.8 Å². The highest BCUT2D eigenvalue weighted by Crippen LogP contribution is 2.29. The zero-order chi connectivity index (χ0) is 22.5. The third-order valence-corrected chi connectivity index (χ3v) is 7.31. The Balaban J connectivity index is 1.45. The molecule has 2 N–H and O–H groups in total. The number of nitrogens with one attached hydrogen (secondary N) is 2. The van der Waals surface area contributed by atoms with Gasteiger partial charge in [0.1, 0.15) is 17.6 Å². The van der Waals surface area contributed by atoms with E-state index in [1.165, 1.54) is 22.2 Å². The van der Waals surface area contributed by atoms with E-state index in [1.807, 2.05) is 24.4 Å². The number of anilines is 1. The summed E-state index contributed by atoms with van der Waals surface area (Å²) in [5.41, 5.74) is 0.0991. The predicted molar refractivity (Wildman–Crippen MR) is 126 cm³/mol. The molecule has 0 bridgehead atoms. The van der Waals surface area contributed by atoms with Gasteiger partial charge in [0, 0.05) is 24.5 Å². The standard InChI is InChI=1S/C21H26N6O3S2/c1-2-7-22-19(29)14-5-3-8-26(11-14)21-25-18-17(32-21)20(30)27(13-24-18)12-16(28)23-10-15-6-4-9-31-15/h4,6,9,13-14H,2-3,5,7-8,10-12H2,1H3,(H,22,29)(H,23,28)/t14-/m1/s1. The molecule has 170 valence electrons. The average Bonchev–Trinajstić information content (AvgIpc) is 3.48. The minimum absolute atomic E-state index is 0.0757. The highest BCUT2D eigenvalue weighted by Gasteiger charge is 2.27. The lowest BCUT2D eigenvalue weighted by Gasteiger charge is -2.31. The van der Waals surface area contributed by atoms with Crippen LogP contribution < -0.4 is 21.1 Å². The molecule has 9 nitrogen and oxygen atoms in total. The molecule has 3 aromatic rings. The molecule has 0 saturated carbocycles. The monoisotopic (exact) mass is 474 g/mol. The van der Waals surface area contributed by atoms with Crippen molar-refractivity contribution >= 4 is 50.0 Å². The van der Waals surface area contributed by atoms with Crippen LogP contribution in [-0.4, -0.2) is 46.0 Å². The van der Waals surface area contributed by atoms with Gasteiger partial charge in [0.05, 0.1) is 12.5 Å². The first kappa shape index (κ1) is 22.4. The van der Waals surface area contributed by atoms with E-state index in [0.29, 0.717) is 35.1 Å². The summed E-state index contributed by atoms with van der Waals surface area (Å²) < 4.78 is 1.73. The van der Waals surface area contributed by atoms with Crippen LogP contribution in [0.5, 0.6) is 0 Å². The summed E-state index contributed by atoms with van der Waals surface area (Å²) in [4.78, 5) is 49.5. The van der Waals surface area contributed by atoms with Crippen LogP contribution in [0.25, 0.3) is 10.3 Å². The highest BCUT2D eigenvalue weighted by atomic mass is 32.1. The van der Waals surface area contributed by atoms with Crippen molar-refractivity contribution in [2.75, 3.05) is 24.5 Å². The molecule has 3 aromatic heterocycles. The van der Waals surface area contributed by atoms with Gasteiger partial charge in [-0.1, -0.05) is 24.3 Å².